The van der Waals surface area contributed by atoms with Gasteiger partial charge in [0.1, 0.15) is 18.2 Å². The maximum absolute atomic E-state index is 14.2. The molecule has 2 aliphatic rings. The molecule has 1 aromatic heterocycles. The lowest BCUT2D eigenvalue weighted by Gasteiger charge is -2.47. The molecule has 1 amide bonds. The van der Waals surface area contributed by atoms with Crippen LogP contribution in [0.2, 0.25) is 10.0 Å². The van der Waals surface area contributed by atoms with Crippen molar-refractivity contribution in [2.75, 3.05) is 44.2 Å². The van der Waals surface area contributed by atoms with Crippen molar-refractivity contribution in [1.82, 2.24) is 20.1 Å². The molecule has 1 atom stereocenters. The number of nitrogens with zero attached hydrogens (tertiary/aromatic N) is 4. The number of amides is 1. The van der Waals surface area contributed by atoms with Crippen LogP contribution in [0, 0.1) is 5.82 Å². The highest BCUT2D eigenvalue weighted by atomic mass is 35.5. The van der Waals surface area contributed by atoms with Crippen molar-refractivity contribution >= 4 is 35.1 Å². The summed E-state index contributed by atoms with van der Waals surface area (Å²) in [6, 6.07) is 7.71. The number of carbonyl (C=O) groups excluding carboxylic acids is 1. The Hall–Kier alpha value is -2.13. The Morgan fingerprint density at radius 1 is 1.19 bits per heavy atom. The van der Waals surface area contributed by atoms with Crippen LogP contribution in [0.25, 0.3) is 0 Å². The fourth-order valence-corrected chi connectivity index (χ4v) is 5.80. The summed E-state index contributed by atoms with van der Waals surface area (Å²) >= 11 is 12.5. The fraction of sp³-hybridized carbons (Fsp3) is 0.556. The largest absolute Gasteiger partial charge is 0.445 e. The molecule has 0 saturated carbocycles. The van der Waals surface area contributed by atoms with Gasteiger partial charge >= 0.3 is 6.09 Å². The number of hydrogen-bond acceptors (Lipinski definition) is 6. The quantitative estimate of drug-likeness (QED) is 0.460. The van der Waals surface area contributed by atoms with E-state index in [0.717, 1.165) is 63.4 Å². The maximum Gasteiger partial charge on any atom is 0.407 e. The number of alkyl carbamates (subject to hydrolysis) is 1. The molecule has 0 aliphatic carbocycles. The van der Waals surface area contributed by atoms with E-state index in [-0.39, 0.29) is 13.9 Å². The number of hydrogen-bond donors (Lipinski definition) is 1. The number of rotatable bonds is 8. The normalized spacial score (nSPS) is 19.7. The molecule has 4 rings (SSSR count). The lowest BCUT2D eigenvalue weighted by molar-refractivity contribution is 0.0607. The van der Waals surface area contributed by atoms with Gasteiger partial charge in [-0.1, -0.05) is 36.2 Å². The SMILES string of the molecule is CCNC(=O)OCc1cnc(N2CCN(C3CCN(Cc4ccc(Cl)cc4F)CC3)[C@@H](CC)C2)c(Cl)c1.[HH]. The van der Waals surface area contributed by atoms with Crippen molar-refractivity contribution in [3.05, 3.63) is 57.5 Å². The van der Waals surface area contributed by atoms with E-state index in [1.165, 1.54) is 6.07 Å². The average Bonchev–Trinajstić information content (AvgIpc) is 2.89. The van der Waals surface area contributed by atoms with Crippen LogP contribution < -0.4 is 10.2 Å². The molecule has 0 unspecified atom stereocenters. The predicted octanol–water partition coefficient (Wildman–Crippen LogP) is 5.58. The summed E-state index contributed by atoms with van der Waals surface area (Å²) in [5, 5.41) is 3.61. The van der Waals surface area contributed by atoms with Crippen LogP contribution in [0.15, 0.2) is 30.5 Å². The molecular weight excluding hydrogens is 516 g/mol. The molecule has 1 aromatic carbocycles. The predicted molar refractivity (Wildman–Crippen MR) is 148 cm³/mol. The van der Waals surface area contributed by atoms with E-state index in [1.54, 1.807) is 18.3 Å². The molecule has 3 heterocycles. The van der Waals surface area contributed by atoms with Gasteiger partial charge in [-0.3, -0.25) is 9.80 Å². The Kier molecular flexibility index (Phi) is 9.87. The molecule has 0 spiro atoms. The average molecular weight is 555 g/mol. The van der Waals surface area contributed by atoms with Crippen molar-refractivity contribution < 1.29 is 15.3 Å². The third-order valence-corrected chi connectivity index (χ3v) is 7.82. The smallest absolute Gasteiger partial charge is 0.407 e. The van der Waals surface area contributed by atoms with Gasteiger partial charge < -0.3 is 15.0 Å². The number of halogens is 3. The molecule has 2 fully saturated rings. The summed E-state index contributed by atoms with van der Waals surface area (Å²) in [6.45, 7) is 9.93. The molecule has 204 valence electrons. The molecule has 10 heteroatoms. The molecule has 1 N–H and O–H groups in total. The first kappa shape index (κ1) is 27.9. The second-order valence-electron chi connectivity index (χ2n) is 9.74. The zero-order valence-corrected chi connectivity index (χ0v) is 23.1. The van der Waals surface area contributed by atoms with Crippen molar-refractivity contribution in [3.8, 4) is 0 Å². The summed E-state index contributed by atoms with van der Waals surface area (Å²) in [5.41, 5.74) is 1.46. The van der Waals surface area contributed by atoms with Gasteiger partial charge in [-0.05, 0) is 57.5 Å². The maximum atomic E-state index is 14.2. The van der Waals surface area contributed by atoms with Gasteiger partial charge in [0, 0.05) is 68.6 Å². The van der Waals surface area contributed by atoms with Crippen LogP contribution in [0.1, 0.15) is 45.7 Å². The Balaban J connectivity index is 0.00000400. The van der Waals surface area contributed by atoms with Gasteiger partial charge in [0.25, 0.3) is 0 Å². The molecule has 0 radical (unpaired) electrons. The molecule has 2 aromatic rings. The highest BCUT2D eigenvalue weighted by Crippen LogP contribution is 2.30. The summed E-state index contributed by atoms with van der Waals surface area (Å²) in [5.74, 6) is 0.549. The fourth-order valence-electron chi connectivity index (χ4n) is 5.33. The second kappa shape index (κ2) is 13.1. The summed E-state index contributed by atoms with van der Waals surface area (Å²) < 4.78 is 19.4. The number of piperazine rings is 1. The third kappa shape index (κ3) is 7.25. The number of anilines is 1. The Labute approximate surface area is 230 Å². The number of pyridine rings is 1. The molecule has 2 aliphatic heterocycles. The summed E-state index contributed by atoms with van der Waals surface area (Å²) in [6.07, 6.45) is 4.47. The first-order valence-corrected chi connectivity index (χ1v) is 13.9. The highest BCUT2D eigenvalue weighted by Gasteiger charge is 2.34. The number of benzene rings is 1. The third-order valence-electron chi connectivity index (χ3n) is 7.30. The first-order chi connectivity index (χ1) is 17.9. The number of nitrogens with one attached hydrogen (secondary N) is 1. The van der Waals surface area contributed by atoms with E-state index in [9.17, 15) is 9.18 Å². The van der Waals surface area contributed by atoms with E-state index < -0.39 is 6.09 Å². The van der Waals surface area contributed by atoms with Gasteiger partial charge in [0.2, 0.25) is 0 Å². The van der Waals surface area contributed by atoms with E-state index >= 15 is 0 Å². The van der Waals surface area contributed by atoms with E-state index in [2.05, 4.69) is 31.9 Å². The van der Waals surface area contributed by atoms with Gasteiger partial charge in [0.15, 0.2) is 0 Å². The first-order valence-electron chi connectivity index (χ1n) is 13.1. The highest BCUT2D eigenvalue weighted by molar-refractivity contribution is 6.33. The van der Waals surface area contributed by atoms with Crippen LogP contribution in [-0.4, -0.2) is 72.2 Å². The van der Waals surface area contributed by atoms with E-state index in [0.29, 0.717) is 40.8 Å². The Bertz CT molecular complexity index is 1070. The molecule has 37 heavy (non-hydrogen) atoms. The number of ether oxygens (including phenoxy) is 1. The van der Waals surface area contributed by atoms with Crippen LogP contribution in [0.3, 0.4) is 0 Å². The second-order valence-corrected chi connectivity index (χ2v) is 10.6. The van der Waals surface area contributed by atoms with Crippen molar-refractivity contribution in [3.63, 3.8) is 0 Å². The number of aromatic nitrogens is 1. The van der Waals surface area contributed by atoms with Gasteiger partial charge in [0.05, 0.1) is 5.02 Å². The van der Waals surface area contributed by atoms with Gasteiger partial charge in [-0.2, -0.15) is 0 Å². The molecule has 0 bridgehead atoms. The molecular formula is C27H38Cl2FN5O2. The Morgan fingerprint density at radius 3 is 2.65 bits per heavy atom. The zero-order chi connectivity index (χ0) is 26.4. The minimum Gasteiger partial charge on any atom is -0.445 e. The lowest BCUT2D eigenvalue weighted by atomic mass is 9.97. The Morgan fingerprint density at radius 2 is 1.97 bits per heavy atom. The van der Waals surface area contributed by atoms with Gasteiger partial charge in [-0.15, -0.1) is 0 Å². The number of piperidine rings is 1. The van der Waals surface area contributed by atoms with Crippen LogP contribution in [-0.2, 0) is 17.9 Å². The number of likely N-dealkylation sites (tertiary alicyclic amines) is 1. The van der Waals surface area contributed by atoms with Crippen molar-refractivity contribution in [1.29, 1.82) is 0 Å². The lowest BCUT2D eigenvalue weighted by Crippen LogP contribution is -2.58. The monoisotopic (exact) mass is 553 g/mol. The summed E-state index contributed by atoms with van der Waals surface area (Å²) in [4.78, 5) is 23.4. The van der Waals surface area contributed by atoms with Crippen LogP contribution >= 0.6 is 23.2 Å². The minimum atomic E-state index is -0.451. The van der Waals surface area contributed by atoms with Gasteiger partial charge in [-0.25, -0.2) is 14.2 Å². The van der Waals surface area contributed by atoms with Crippen LogP contribution in [0.4, 0.5) is 15.0 Å². The molecule has 7 nitrogen and oxygen atoms in total. The van der Waals surface area contributed by atoms with Crippen molar-refractivity contribution in [2.24, 2.45) is 0 Å². The van der Waals surface area contributed by atoms with Crippen molar-refractivity contribution in [2.45, 2.75) is 58.3 Å². The topological polar surface area (TPSA) is 60.9 Å². The van der Waals surface area contributed by atoms with E-state index in [4.69, 9.17) is 27.9 Å². The standard InChI is InChI=1S/C27H36Cl2FN5O2.H2/c1-3-22-17-34(26-24(29)13-19(15-32-26)18-37-27(36)31-4-2)11-12-35(22)23-7-9-33(10-8-23)16-20-5-6-21(28)14-25(20)30;/h5-6,13-15,22-23H,3-4,7-12,16-18H2,1-2H3,(H,31,36);1H/t22-;/m0./s1. The number of carbonyl (C=O) groups is 1. The van der Waals surface area contributed by atoms with Crippen LogP contribution in [0.5, 0.6) is 0 Å². The van der Waals surface area contributed by atoms with E-state index in [1.807, 2.05) is 13.0 Å². The molecule has 2 saturated heterocycles. The zero-order valence-electron chi connectivity index (χ0n) is 21.6. The summed E-state index contributed by atoms with van der Waals surface area (Å²) in [7, 11) is 0. The minimum absolute atomic E-state index is 0.